The molecule has 0 aliphatic heterocycles. The first-order valence-corrected chi connectivity index (χ1v) is 9.03. The fourth-order valence-electron chi connectivity index (χ4n) is 3.13. The number of carbonyl (C=O) groups excluding carboxylic acids is 1. The van der Waals surface area contributed by atoms with Crippen molar-refractivity contribution in [2.45, 2.75) is 20.3 Å². The van der Waals surface area contributed by atoms with Crippen LogP contribution < -0.4 is 14.8 Å². The minimum absolute atomic E-state index is 0.219. The molecule has 2 aromatic carbocycles. The van der Waals surface area contributed by atoms with Crippen molar-refractivity contribution >= 4 is 11.6 Å². The number of amides is 1. The molecule has 0 aliphatic carbocycles. The predicted octanol–water partition coefficient (Wildman–Crippen LogP) is 3.90. The SMILES string of the molecule is COc1cc(OC)cc(C(=O)Nc2ccc(Cc3c(C)nn(C)c3C)cc2)c1. The third kappa shape index (κ3) is 4.17. The van der Waals surface area contributed by atoms with Crippen LogP contribution in [-0.2, 0) is 13.5 Å². The van der Waals surface area contributed by atoms with Gasteiger partial charge >= 0.3 is 0 Å². The van der Waals surface area contributed by atoms with Crippen molar-refractivity contribution < 1.29 is 14.3 Å². The van der Waals surface area contributed by atoms with Crippen LogP contribution in [0, 0.1) is 13.8 Å². The molecule has 1 heterocycles. The molecule has 28 heavy (non-hydrogen) atoms. The third-order valence-corrected chi connectivity index (χ3v) is 4.87. The number of aromatic nitrogens is 2. The van der Waals surface area contributed by atoms with E-state index in [1.165, 1.54) is 16.8 Å². The van der Waals surface area contributed by atoms with Gasteiger partial charge in [-0.1, -0.05) is 12.1 Å². The fraction of sp³-hybridized carbons (Fsp3) is 0.273. The van der Waals surface area contributed by atoms with Crippen LogP contribution in [0.3, 0.4) is 0 Å². The molecule has 0 fully saturated rings. The van der Waals surface area contributed by atoms with Crippen molar-refractivity contribution in [3.8, 4) is 11.5 Å². The van der Waals surface area contributed by atoms with Gasteiger partial charge in [0.2, 0.25) is 0 Å². The molecule has 0 aliphatic rings. The minimum Gasteiger partial charge on any atom is -0.497 e. The number of hydrogen-bond acceptors (Lipinski definition) is 4. The quantitative estimate of drug-likeness (QED) is 0.705. The lowest BCUT2D eigenvalue weighted by Gasteiger charge is -2.10. The summed E-state index contributed by atoms with van der Waals surface area (Å²) >= 11 is 0. The summed E-state index contributed by atoms with van der Waals surface area (Å²) in [5.41, 5.74) is 5.83. The number of aryl methyl sites for hydroxylation is 2. The second-order valence-electron chi connectivity index (χ2n) is 6.70. The number of anilines is 1. The van der Waals surface area contributed by atoms with Gasteiger partial charge in [0.05, 0.1) is 19.9 Å². The maximum Gasteiger partial charge on any atom is 0.255 e. The Bertz CT molecular complexity index is 969. The average molecular weight is 379 g/mol. The zero-order valence-electron chi connectivity index (χ0n) is 16.9. The topological polar surface area (TPSA) is 65.4 Å². The van der Waals surface area contributed by atoms with Gasteiger partial charge in [0.15, 0.2) is 0 Å². The highest BCUT2D eigenvalue weighted by molar-refractivity contribution is 6.04. The van der Waals surface area contributed by atoms with Crippen molar-refractivity contribution in [3.05, 3.63) is 70.5 Å². The highest BCUT2D eigenvalue weighted by Crippen LogP contribution is 2.24. The van der Waals surface area contributed by atoms with Crippen LogP contribution in [-0.4, -0.2) is 29.9 Å². The summed E-state index contributed by atoms with van der Waals surface area (Å²) in [6.07, 6.45) is 0.812. The van der Waals surface area contributed by atoms with Crippen LogP contribution in [0.1, 0.15) is 32.9 Å². The van der Waals surface area contributed by atoms with E-state index < -0.39 is 0 Å². The number of methoxy groups -OCH3 is 2. The van der Waals surface area contributed by atoms with E-state index in [1.54, 1.807) is 32.4 Å². The molecule has 1 amide bonds. The van der Waals surface area contributed by atoms with Crippen molar-refractivity contribution in [3.63, 3.8) is 0 Å². The summed E-state index contributed by atoms with van der Waals surface area (Å²) in [6.45, 7) is 4.10. The molecule has 0 atom stereocenters. The Balaban J connectivity index is 1.73. The molecule has 6 heteroatoms. The smallest absolute Gasteiger partial charge is 0.255 e. The number of nitrogens with one attached hydrogen (secondary N) is 1. The van der Waals surface area contributed by atoms with Crippen LogP contribution in [0.2, 0.25) is 0 Å². The molecule has 146 valence electrons. The molecule has 0 unspecified atom stereocenters. The molecule has 0 spiro atoms. The Hall–Kier alpha value is -3.28. The van der Waals surface area contributed by atoms with E-state index >= 15 is 0 Å². The standard InChI is InChI=1S/C22H25N3O3/c1-14-21(15(2)25(3)24-14)10-16-6-8-18(9-7-16)23-22(26)17-11-19(27-4)13-20(12-17)28-5/h6-9,11-13H,10H2,1-5H3,(H,23,26). The molecule has 0 saturated heterocycles. The first-order valence-electron chi connectivity index (χ1n) is 9.03. The highest BCUT2D eigenvalue weighted by Gasteiger charge is 2.12. The van der Waals surface area contributed by atoms with Gasteiger partial charge in [0.1, 0.15) is 11.5 Å². The van der Waals surface area contributed by atoms with Crippen molar-refractivity contribution in [2.24, 2.45) is 7.05 Å². The van der Waals surface area contributed by atoms with Gasteiger partial charge < -0.3 is 14.8 Å². The second kappa shape index (κ2) is 8.17. The summed E-state index contributed by atoms with van der Waals surface area (Å²) in [7, 11) is 5.07. The third-order valence-electron chi connectivity index (χ3n) is 4.87. The van der Waals surface area contributed by atoms with Gasteiger partial charge in [-0.3, -0.25) is 9.48 Å². The largest absolute Gasteiger partial charge is 0.497 e. The summed E-state index contributed by atoms with van der Waals surface area (Å²) < 4.78 is 12.4. The Labute approximate surface area is 165 Å². The van der Waals surface area contributed by atoms with Crippen LogP contribution in [0.4, 0.5) is 5.69 Å². The number of carbonyl (C=O) groups is 1. The van der Waals surface area contributed by atoms with E-state index in [0.29, 0.717) is 17.1 Å². The summed E-state index contributed by atoms with van der Waals surface area (Å²) in [5, 5.41) is 7.38. The monoisotopic (exact) mass is 379 g/mol. The van der Waals surface area contributed by atoms with E-state index in [4.69, 9.17) is 9.47 Å². The number of nitrogens with zero attached hydrogens (tertiary/aromatic N) is 2. The summed E-state index contributed by atoms with van der Waals surface area (Å²) in [5.74, 6) is 0.924. The zero-order chi connectivity index (χ0) is 20.3. The molecule has 3 aromatic rings. The van der Waals surface area contributed by atoms with Crippen molar-refractivity contribution in [1.82, 2.24) is 9.78 Å². The van der Waals surface area contributed by atoms with Gasteiger partial charge in [-0.05, 0) is 43.7 Å². The number of hydrogen-bond donors (Lipinski definition) is 1. The molecule has 6 nitrogen and oxygen atoms in total. The predicted molar refractivity (Wildman–Crippen MR) is 109 cm³/mol. The van der Waals surface area contributed by atoms with Gasteiger partial charge in [0.25, 0.3) is 5.91 Å². The molecular formula is C22H25N3O3. The molecule has 1 aromatic heterocycles. The Morgan fingerprint density at radius 3 is 2.14 bits per heavy atom. The lowest BCUT2D eigenvalue weighted by molar-refractivity contribution is 0.102. The average Bonchev–Trinajstić information content (AvgIpc) is 2.94. The van der Waals surface area contributed by atoms with Gasteiger partial charge in [0, 0.05) is 42.0 Å². The Kier molecular flexibility index (Phi) is 5.68. The second-order valence-corrected chi connectivity index (χ2v) is 6.70. The van der Waals surface area contributed by atoms with E-state index in [0.717, 1.165) is 17.8 Å². The van der Waals surface area contributed by atoms with Crippen molar-refractivity contribution in [1.29, 1.82) is 0 Å². The minimum atomic E-state index is -0.219. The Morgan fingerprint density at radius 2 is 1.64 bits per heavy atom. The van der Waals surface area contributed by atoms with E-state index in [2.05, 4.69) is 17.3 Å². The normalized spacial score (nSPS) is 10.6. The highest BCUT2D eigenvalue weighted by atomic mass is 16.5. The lowest BCUT2D eigenvalue weighted by Crippen LogP contribution is -2.12. The molecule has 3 rings (SSSR count). The summed E-state index contributed by atoms with van der Waals surface area (Å²) in [4.78, 5) is 12.6. The molecule has 0 saturated carbocycles. The first kappa shape index (κ1) is 19.5. The maximum absolute atomic E-state index is 12.6. The molecule has 0 bridgehead atoms. The number of benzene rings is 2. The number of ether oxygens (including phenoxy) is 2. The Morgan fingerprint density at radius 1 is 1.04 bits per heavy atom. The molecular weight excluding hydrogens is 354 g/mol. The van der Waals surface area contributed by atoms with E-state index in [9.17, 15) is 4.79 Å². The van der Waals surface area contributed by atoms with Crippen LogP contribution in [0.25, 0.3) is 0 Å². The van der Waals surface area contributed by atoms with Crippen molar-refractivity contribution in [2.75, 3.05) is 19.5 Å². The van der Waals surface area contributed by atoms with Gasteiger partial charge in [-0.25, -0.2) is 0 Å². The summed E-state index contributed by atoms with van der Waals surface area (Å²) in [6, 6.07) is 13.0. The van der Waals surface area contributed by atoms with E-state index in [1.807, 2.05) is 42.9 Å². The first-order chi connectivity index (χ1) is 13.4. The van der Waals surface area contributed by atoms with Gasteiger partial charge in [-0.15, -0.1) is 0 Å². The zero-order valence-corrected chi connectivity index (χ0v) is 16.9. The fourth-order valence-corrected chi connectivity index (χ4v) is 3.13. The molecule has 0 radical (unpaired) electrons. The lowest BCUT2D eigenvalue weighted by atomic mass is 10.0. The van der Waals surface area contributed by atoms with Gasteiger partial charge in [-0.2, -0.15) is 5.10 Å². The van der Waals surface area contributed by atoms with E-state index in [-0.39, 0.29) is 5.91 Å². The molecule has 1 N–H and O–H groups in total. The van der Waals surface area contributed by atoms with Crippen LogP contribution in [0.15, 0.2) is 42.5 Å². The van der Waals surface area contributed by atoms with Crippen LogP contribution >= 0.6 is 0 Å². The van der Waals surface area contributed by atoms with Crippen LogP contribution in [0.5, 0.6) is 11.5 Å². The number of rotatable bonds is 6. The maximum atomic E-state index is 12.6.